The van der Waals surface area contributed by atoms with Gasteiger partial charge in [-0.3, -0.25) is 0 Å². The Morgan fingerprint density at radius 3 is 2.69 bits per heavy atom. The van der Waals surface area contributed by atoms with Crippen molar-refractivity contribution in [1.82, 2.24) is 9.78 Å². The van der Waals surface area contributed by atoms with Crippen molar-refractivity contribution < 1.29 is 4.74 Å². The van der Waals surface area contributed by atoms with Crippen LogP contribution in [0.5, 0.6) is 5.75 Å². The average Bonchev–Trinajstić information content (AvgIpc) is 3.03. The predicted molar refractivity (Wildman–Crippen MR) is 104 cm³/mol. The standard InChI is InChI=1S/C21H20ClN3O/c1-2-3-13-26-20-6-4-5-17(14-20)16-7-9-19(10-8-16)25-21(22)18(11-12-23)15-24-25/h4-10,14-15H,2-3,11,13H2,1H3. The highest BCUT2D eigenvalue weighted by atomic mass is 35.5. The van der Waals surface area contributed by atoms with Gasteiger partial charge in [0.05, 0.1) is 31.0 Å². The van der Waals surface area contributed by atoms with Crippen LogP contribution in [0.2, 0.25) is 5.15 Å². The molecule has 0 aliphatic rings. The highest BCUT2D eigenvalue weighted by molar-refractivity contribution is 6.30. The van der Waals surface area contributed by atoms with Crippen LogP contribution < -0.4 is 4.74 Å². The first-order valence-electron chi connectivity index (χ1n) is 8.66. The van der Waals surface area contributed by atoms with Crippen LogP contribution in [0, 0.1) is 11.3 Å². The molecule has 5 heteroatoms. The Bertz CT molecular complexity index is 910. The maximum absolute atomic E-state index is 8.82. The third-order valence-corrected chi connectivity index (χ3v) is 4.50. The summed E-state index contributed by atoms with van der Waals surface area (Å²) in [6.45, 7) is 2.89. The third kappa shape index (κ3) is 4.07. The van der Waals surface area contributed by atoms with Crippen molar-refractivity contribution in [1.29, 1.82) is 5.26 Å². The molecule has 1 heterocycles. The maximum atomic E-state index is 8.82. The second-order valence-corrected chi connectivity index (χ2v) is 6.34. The van der Waals surface area contributed by atoms with Gasteiger partial charge in [0.15, 0.2) is 0 Å². The number of unbranched alkanes of at least 4 members (excludes halogenated alkanes) is 1. The molecule has 1 aromatic heterocycles. The lowest BCUT2D eigenvalue weighted by Gasteiger charge is -2.09. The number of benzene rings is 2. The van der Waals surface area contributed by atoms with Gasteiger partial charge in [0.25, 0.3) is 0 Å². The third-order valence-electron chi connectivity index (χ3n) is 4.10. The molecule has 0 radical (unpaired) electrons. The first kappa shape index (κ1) is 18.0. The van der Waals surface area contributed by atoms with Gasteiger partial charge in [-0.2, -0.15) is 10.4 Å². The maximum Gasteiger partial charge on any atom is 0.137 e. The molecule has 26 heavy (non-hydrogen) atoms. The first-order valence-corrected chi connectivity index (χ1v) is 9.03. The molecule has 0 fully saturated rings. The molecule has 0 spiro atoms. The van der Waals surface area contributed by atoms with Gasteiger partial charge in [-0.25, -0.2) is 4.68 Å². The molecule has 0 aliphatic heterocycles. The van der Waals surface area contributed by atoms with Gasteiger partial charge in [0, 0.05) is 5.56 Å². The Kier molecular flexibility index (Phi) is 5.93. The monoisotopic (exact) mass is 365 g/mol. The van der Waals surface area contributed by atoms with Gasteiger partial charge >= 0.3 is 0 Å². The summed E-state index contributed by atoms with van der Waals surface area (Å²) in [4.78, 5) is 0. The van der Waals surface area contributed by atoms with Crippen molar-refractivity contribution in [3.8, 4) is 28.6 Å². The second kappa shape index (κ2) is 8.55. The van der Waals surface area contributed by atoms with Crippen LogP contribution in [-0.4, -0.2) is 16.4 Å². The number of ether oxygens (including phenoxy) is 1. The number of hydrogen-bond acceptors (Lipinski definition) is 3. The number of aromatic nitrogens is 2. The van der Waals surface area contributed by atoms with E-state index in [1.165, 1.54) is 0 Å². The summed E-state index contributed by atoms with van der Waals surface area (Å²) in [6.07, 6.45) is 4.06. The molecule has 0 atom stereocenters. The summed E-state index contributed by atoms with van der Waals surface area (Å²) in [5, 5.41) is 13.6. The Labute approximate surface area is 158 Å². The zero-order valence-corrected chi connectivity index (χ0v) is 15.4. The largest absolute Gasteiger partial charge is 0.494 e. The van der Waals surface area contributed by atoms with Gasteiger partial charge in [0.2, 0.25) is 0 Å². The number of halogens is 1. The fourth-order valence-corrected chi connectivity index (χ4v) is 2.90. The van der Waals surface area contributed by atoms with E-state index in [9.17, 15) is 0 Å². The molecule has 4 nitrogen and oxygen atoms in total. The van der Waals surface area contributed by atoms with Crippen LogP contribution in [-0.2, 0) is 6.42 Å². The van der Waals surface area contributed by atoms with Crippen LogP contribution in [0.3, 0.4) is 0 Å². The highest BCUT2D eigenvalue weighted by Gasteiger charge is 2.10. The number of nitrogens with zero attached hydrogens (tertiary/aromatic N) is 3. The van der Waals surface area contributed by atoms with E-state index in [2.05, 4.69) is 30.2 Å². The van der Waals surface area contributed by atoms with E-state index < -0.39 is 0 Å². The van der Waals surface area contributed by atoms with Crippen molar-refractivity contribution in [2.75, 3.05) is 6.61 Å². The molecule has 3 aromatic rings. The predicted octanol–water partition coefficient (Wildman–Crippen LogP) is 5.44. The lowest BCUT2D eigenvalue weighted by Crippen LogP contribution is -1.97. The van der Waals surface area contributed by atoms with Gasteiger partial charge in [0.1, 0.15) is 10.9 Å². The lowest BCUT2D eigenvalue weighted by atomic mass is 10.1. The number of nitriles is 1. The van der Waals surface area contributed by atoms with Crippen molar-refractivity contribution >= 4 is 11.6 Å². The summed E-state index contributed by atoms with van der Waals surface area (Å²) in [5.41, 5.74) is 3.78. The van der Waals surface area contributed by atoms with Crippen molar-refractivity contribution in [3.05, 3.63) is 65.4 Å². The minimum atomic E-state index is 0.252. The van der Waals surface area contributed by atoms with Gasteiger partial charge in [-0.15, -0.1) is 0 Å². The van der Waals surface area contributed by atoms with Crippen molar-refractivity contribution in [3.63, 3.8) is 0 Å². The zero-order chi connectivity index (χ0) is 18.4. The quantitative estimate of drug-likeness (QED) is 0.524. The summed E-state index contributed by atoms with van der Waals surface area (Å²) >= 11 is 6.31. The SMILES string of the molecule is CCCCOc1cccc(-c2ccc(-n3ncc(CC#N)c3Cl)cc2)c1. The Morgan fingerprint density at radius 1 is 1.15 bits per heavy atom. The minimum absolute atomic E-state index is 0.252. The topological polar surface area (TPSA) is 50.8 Å². The Morgan fingerprint density at radius 2 is 1.96 bits per heavy atom. The summed E-state index contributed by atoms with van der Waals surface area (Å²) in [7, 11) is 0. The lowest BCUT2D eigenvalue weighted by molar-refractivity contribution is 0.309. The van der Waals surface area contributed by atoms with Crippen LogP contribution in [0.1, 0.15) is 25.3 Å². The van der Waals surface area contributed by atoms with Gasteiger partial charge in [-0.05, 0) is 41.8 Å². The van der Waals surface area contributed by atoms with E-state index in [4.69, 9.17) is 21.6 Å². The Balaban J connectivity index is 1.80. The molecule has 0 amide bonds. The van der Waals surface area contributed by atoms with Crippen LogP contribution in [0.15, 0.2) is 54.7 Å². The molecule has 0 bridgehead atoms. The van der Waals surface area contributed by atoms with Gasteiger partial charge in [-0.1, -0.05) is 49.2 Å². The molecule has 0 aliphatic carbocycles. The normalized spacial score (nSPS) is 10.5. The summed E-state index contributed by atoms with van der Waals surface area (Å²) in [6, 6.07) is 18.2. The second-order valence-electron chi connectivity index (χ2n) is 5.98. The fraction of sp³-hybridized carbons (Fsp3) is 0.238. The van der Waals surface area contributed by atoms with E-state index in [0.29, 0.717) is 5.15 Å². The molecule has 3 rings (SSSR count). The van der Waals surface area contributed by atoms with E-state index in [0.717, 1.165) is 47.6 Å². The van der Waals surface area contributed by atoms with Gasteiger partial charge < -0.3 is 4.74 Å². The van der Waals surface area contributed by atoms with E-state index in [-0.39, 0.29) is 6.42 Å². The molecule has 2 aromatic carbocycles. The number of rotatable bonds is 7. The molecule has 132 valence electrons. The van der Waals surface area contributed by atoms with E-state index >= 15 is 0 Å². The van der Waals surface area contributed by atoms with E-state index in [1.807, 2.05) is 36.4 Å². The first-order chi connectivity index (χ1) is 12.7. The van der Waals surface area contributed by atoms with Crippen LogP contribution in [0.4, 0.5) is 0 Å². The van der Waals surface area contributed by atoms with E-state index in [1.54, 1.807) is 10.9 Å². The number of hydrogen-bond donors (Lipinski definition) is 0. The van der Waals surface area contributed by atoms with Crippen molar-refractivity contribution in [2.45, 2.75) is 26.2 Å². The molecule has 0 N–H and O–H groups in total. The molecular formula is C21H20ClN3O. The van der Waals surface area contributed by atoms with Crippen LogP contribution in [0.25, 0.3) is 16.8 Å². The summed E-state index contributed by atoms with van der Waals surface area (Å²) in [5.74, 6) is 0.885. The Hall–Kier alpha value is -2.77. The molecule has 0 saturated heterocycles. The molecular weight excluding hydrogens is 346 g/mol. The van der Waals surface area contributed by atoms with Crippen LogP contribution >= 0.6 is 11.6 Å². The minimum Gasteiger partial charge on any atom is -0.494 e. The fourth-order valence-electron chi connectivity index (χ4n) is 2.65. The zero-order valence-electron chi connectivity index (χ0n) is 14.7. The smallest absolute Gasteiger partial charge is 0.137 e. The van der Waals surface area contributed by atoms with Crippen molar-refractivity contribution in [2.24, 2.45) is 0 Å². The average molecular weight is 366 g/mol. The summed E-state index contributed by atoms with van der Waals surface area (Å²) < 4.78 is 7.43. The highest BCUT2D eigenvalue weighted by Crippen LogP contribution is 2.26. The molecule has 0 unspecified atom stereocenters. The molecule has 0 saturated carbocycles.